The van der Waals surface area contributed by atoms with Gasteiger partial charge in [0, 0.05) is 25.0 Å². The number of aryl methyl sites for hydroxylation is 2. The quantitative estimate of drug-likeness (QED) is 0.534. The smallest absolute Gasteiger partial charge is 0.262 e. The maximum Gasteiger partial charge on any atom is 0.262 e. The maximum atomic E-state index is 12.8. The summed E-state index contributed by atoms with van der Waals surface area (Å²) in [6.07, 6.45) is 0. The topological polar surface area (TPSA) is 96.5 Å². The Kier molecular flexibility index (Phi) is 9.40. The summed E-state index contributed by atoms with van der Waals surface area (Å²) in [6.45, 7) is 4.77. The first-order valence-corrected chi connectivity index (χ1v) is 10.00. The lowest BCUT2D eigenvalue weighted by molar-refractivity contribution is -0.115. The first-order chi connectivity index (χ1) is 12.8. The third-order valence-corrected chi connectivity index (χ3v) is 5.32. The van der Waals surface area contributed by atoms with Crippen molar-refractivity contribution < 1.29 is 17.9 Å². The Morgan fingerprint density at radius 1 is 1.07 bits per heavy atom. The summed E-state index contributed by atoms with van der Waals surface area (Å²) in [5, 5.41) is 5.63. The van der Waals surface area contributed by atoms with Gasteiger partial charge in [0.05, 0.1) is 18.0 Å². The number of carbonyl (C=O) groups is 1. The van der Waals surface area contributed by atoms with Crippen molar-refractivity contribution in [2.45, 2.75) is 18.7 Å². The number of ether oxygens (including phenoxy) is 1. The SMILES string of the molecule is COCCNCC(=O)Nc1ccc(C)c(S(=O)(=O)Nc2cccc(C)c2)c1.Cl. The standard InChI is InChI=1S/C19H25N3O4S.ClH/c1-14-5-4-6-17(11-14)22-27(24,25)18-12-16(8-7-15(18)2)21-19(23)13-20-9-10-26-3;/h4-8,11-12,20,22H,9-10,13H2,1-3H3,(H,21,23);1H. The van der Waals surface area contributed by atoms with Gasteiger partial charge in [-0.3, -0.25) is 9.52 Å². The van der Waals surface area contributed by atoms with Crippen LogP contribution in [0.25, 0.3) is 0 Å². The highest BCUT2D eigenvalue weighted by molar-refractivity contribution is 7.92. The van der Waals surface area contributed by atoms with Crippen LogP contribution in [0.5, 0.6) is 0 Å². The molecule has 28 heavy (non-hydrogen) atoms. The summed E-state index contributed by atoms with van der Waals surface area (Å²) >= 11 is 0. The molecular weight excluding hydrogens is 402 g/mol. The van der Waals surface area contributed by atoms with E-state index in [1.165, 1.54) is 6.07 Å². The van der Waals surface area contributed by atoms with E-state index in [1.807, 2.05) is 13.0 Å². The largest absolute Gasteiger partial charge is 0.383 e. The van der Waals surface area contributed by atoms with Gasteiger partial charge in [0.2, 0.25) is 5.91 Å². The molecule has 2 aromatic carbocycles. The average molecular weight is 428 g/mol. The Morgan fingerprint density at radius 3 is 2.50 bits per heavy atom. The zero-order valence-electron chi connectivity index (χ0n) is 16.1. The van der Waals surface area contributed by atoms with Crippen LogP contribution in [0.15, 0.2) is 47.4 Å². The lowest BCUT2D eigenvalue weighted by Crippen LogP contribution is -2.30. The Labute approximate surface area is 172 Å². The number of methoxy groups -OCH3 is 1. The summed E-state index contributed by atoms with van der Waals surface area (Å²) in [5.74, 6) is -0.259. The van der Waals surface area contributed by atoms with Gasteiger partial charge in [-0.05, 0) is 49.2 Å². The summed E-state index contributed by atoms with van der Waals surface area (Å²) in [6, 6.07) is 11.9. The predicted octanol–water partition coefficient (Wildman–Crippen LogP) is 2.70. The first-order valence-electron chi connectivity index (χ1n) is 8.51. The highest BCUT2D eigenvalue weighted by Gasteiger charge is 2.18. The summed E-state index contributed by atoms with van der Waals surface area (Å²) < 4.78 is 33.0. The van der Waals surface area contributed by atoms with Crippen LogP contribution >= 0.6 is 12.4 Å². The normalized spacial score (nSPS) is 10.8. The van der Waals surface area contributed by atoms with E-state index in [0.29, 0.717) is 30.1 Å². The van der Waals surface area contributed by atoms with E-state index in [0.717, 1.165) is 5.56 Å². The number of halogens is 1. The molecular formula is C19H26ClN3O4S. The molecule has 0 bridgehead atoms. The Morgan fingerprint density at radius 2 is 1.82 bits per heavy atom. The molecule has 2 rings (SSSR count). The highest BCUT2D eigenvalue weighted by Crippen LogP contribution is 2.23. The van der Waals surface area contributed by atoms with Crippen molar-refractivity contribution in [3.05, 3.63) is 53.6 Å². The number of nitrogens with one attached hydrogen (secondary N) is 3. The molecule has 0 spiro atoms. The minimum atomic E-state index is -3.78. The van der Waals surface area contributed by atoms with Gasteiger partial charge in [0.1, 0.15) is 0 Å². The van der Waals surface area contributed by atoms with Crippen molar-refractivity contribution in [2.75, 3.05) is 36.8 Å². The molecule has 3 N–H and O–H groups in total. The van der Waals surface area contributed by atoms with E-state index in [-0.39, 0.29) is 29.8 Å². The molecule has 0 heterocycles. The van der Waals surface area contributed by atoms with Crippen LogP contribution in [0.2, 0.25) is 0 Å². The fraction of sp³-hybridized carbons (Fsp3) is 0.316. The lowest BCUT2D eigenvalue weighted by atomic mass is 10.2. The fourth-order valence-electron chi connectivity index (χ4n) is 2.47. The van der Waals surface area contributed by atoms with Crippen LogP contribution in [0.1, 0.15) is 11.1 Å². The summed E-state index contributed by atoms with van der Waals surface area (Å²) in [7, 11) is -2.19. The number of rotatable bonds is 9. The van der Waals surface area contributed by atoms with E-state index in [2.05, 4.69) is 15.4 Å². The van der Waals surface area contributed by atoms with Crippen LogP contribution in [0, 0.1) is 13.8 Å². The zero-order valence-corrected chi connectivity index (χ0v) is 17.7. The lowest BCUT2D eigenvalue weighted by Gasteiger charge is -2.13. The molecule has 0 saturated heterocycles. The van der Waals surface area contributed by atoms with E-state index in [9.17, 15) is 13.2 Å². The monoisotopic (exact) mass is 427 g/mol. The molecule has 2 aromatic rings. The molecule has 0 aliphatic rings. The second kappa shape index (κ2) is 11.0. The van der Waals surface area contributed by atoms with Gasteiger partial charge in [0.15, 0.2) is 0 Å². The minimum Gasteiger partial charge on any atom is -0.383 e. The van der Waals surface area contributed by atoms with Crippen molar-refractivity contribution in [1.82, 2.24) is 5.32 Å². The van der Waals surface area contributed by atoms with Gasteiger partial charge >= 0.3 is 0 Å². The van der Waals surface area contributed by atoms with Crippen molar-refractivity contribution >= 4 is 39.7 Å². The number of carbonyl (C=O) groups excluding carboxylic acids is 1. The number of anilines is 2. The number of hydrogen-bond donors (Lipinski definition) is 3. The number of hydrogen-bond acceptors (Lipinski definition) is 5. The van der Waals surface area contributed by atoms with Crippen LogP contribution < -0.4 is 15.4 Å². The van der Waals surface area contributed by atoms with Crippen LogP contribution in [0.3, 0.4) is 0 Å². The van der Waals surface area contributed by atoms with Gasteiger partial charge in [-0.1, -0.05) is 18.2 Å². The average Bonchev–Trinajstić information content (AvgIpc) is 2.60. The zero-order chi connectivity index (χ0) is 19.9. The molecule has 0 saturated carbocycles. The molecule has 0 radical (unpaired) electrons. The van der Waals surface area contributed by atoms with Crippen molar-refractivity contribution in [3.63, 3.8) is 0 Å². The number of amides is 1. The molecule has 0 aromatic heterocycles. The molecule has 7 nitrogen and oxygen atoms in total. The van der Waals surface area contributed by atoms with Crippen molar-refractivity contribution in [2.24, 2.45) is 0 Å². The van der Waals surface area contributed by atoms with E-state index in [1.54, 1.807) is 44.4 Å². The van der Waals surface area contributed by atoms with Crippen LogP contribution in [0.4, 0.5) is 11.4 Å². The predicted molar refractivity (Wildman–Crippen MR) is 114 cm³/mol. The minimum absolute atomic E-state index is 0. The molecule has 0 aliphatic heterocycles. The molecule has 0 atom stereocenters. The molecule has 0 fully saturated rings. The van der Waals surface area contributed by atoms with E-state index < -0.39 is 10.0 Å². The number of benzene rings is 2. The van der Waals surface area contributed by atoms with Gasteiger partial charge in [-0.15, -0.1) is 12.4 Å². The van der Waals surface area contributed by atoms with Crippen LogP contribution in [-0.4, -0.2) is 41.1 Å². The molecule has 154 valence electrons. The van der Waals surface area contributed by atoms with Gasteiger partial charge in [-0.25, -0.2) is 8.42 Å². The molecule has 9 heteroatoms. The second-order valence-electron chi connectivity index (χ2n) is 6.17. The van der Waals surface area contributed by atoms with E-state index in [4.69, 9.17) is 4.74 Å². The summed E-state index contributed by atoms with van der Waals surface area (Å²) in [4.78, 5) is 12.1. The number of sulfonamides is 1. The van der Waals surface area contributed by atoms with Gasteiger partial charge in [0.25, 0.3) is 10.0 Å². The second-order valence-corrected chi connectivity index (χ2v) is 7.82. The Balaban J connectivity index is 0.00000392. The van der Waals surface area contributed by atoms with E-state index >= 15 is 0 Å². The Bertz CT molecular complexity index is 904. The molecule has 0 aliphatic carbocycles. The van der Waals surface area contributed by atoms with Crippen molar-refractivity contribution in [1.29, 1.82) is 0 Å². The van der Waals surface area contributed by atoms with Gasteiger partial charge < -0.3 is 15.4 Å². The highest BCUT2D eigenvalue weighted by atomic mass is 35.5. The molecule has 1 amide bonds. The fourth-order valence-corrected chi connectivity index (χ4v) is 3.79. The maximum absolute atomic E-state index is 12.8. The Hall–Kier alpha value is -2.13. The summed E-state index contributed by atoms with van der Waals surface area (Å²) in [5.41, 5.74) is 2.45. The third kappa shape index (κ3) is 7.12. The van der Waals surface area contributed by atoms with Gasteiger partial charge in [-0.2, -0.15) is 0 Å². The first kappa shape index (κ1) is 23.9. The molecule has 0 unspecified atom stereocenters. The third-order valence-electron chi connectivity index (χ3n) is 3.80. The van der Waals surface area contributed by atoms with Crippen LogP contribution in [-0.2, 0) is 19.6 Å². The van der Waals surface area contributed by atoms with Crippen molar-refractivity contribution in [3.8, 4) is 0 Å².